The van der Waals surface area contributed by atoms with Crippen molar-refractivity contribution >= 4 is 29.2 Å². The van der Waals surface area contributed by atoms with Gasteiger partial charge in [-0.05, 0) is 40.7 Å². The fourth-order valence-corrected chi connectivity index (χ4v) is 5.02. The predicted molar refractivity (Wildman–Crippen MR) is 129 cm³/mol. The number of aromatic nitrogens is 5. The van der Waals surface area contributed by atoms with Crippen LogP contribution in [0.1, 0.15) is 28.4 Å². The van der Waals surface area contributed by atoms with Gasteiger partial charge in [0.1, 0.15) is 0 Å². The maximum absolute atomic E-state index is 14.6. The summed E-state index contributed by atoms with van der Waals surface area (Å²) in [5.41, 5.74) is -3.16. The summed E-state index contributed by atoms with van der Waals surface area (Å²) in [5, 5.41) is 33.9. The van der Waals surface area contributed by atoms with Gasteiger partial charge in [-0.25, -0.2) is 14.1 Å². The molecule has 0 saturated carbocycles. The zero-order chi connectivity index (χ0) is 31.7. The molecule has 0 aliphatic carbocycles. The highest BCUT2D eigenvalue weighted by atomic mass is 32.2. The lowest BCUT2D eigenvalue weighted by atomic mass is 10.0. The van der Waals surface area contributed by atoms with Crippen LogP contribution in [0, 0.1) is 15.9 Å². The number of nitrogens with zero attached hydrogens (tertiary/aromatic N) is 7. The fourth-order valence-electron chi connectivity index (χ4n) is 4.07. The first kappa shape index (κ1) is 31.9. The summed E-state index contributed by atoms with van der Waals surface area (Å²) < 4.78 is 108. The molecule has 21 heteroatoms. The molecule has 4 rings (SSSR count). The lowest BCUT2D eigenvalue weighted by Gasteiger charge is -2.28. The van der Waals surface area contributed by atoms with E-state index in [9.17, 15) is 50.0 Å². The lowest BCUT2D eigenvalue weighted by molar-refractivity contribution is -0.384. The Bertz CT molecular complexity index is 1520. The van der Waals surface area contributed by atoms with Crippen molar-refractivity contribution in [2.24, 2.45) is 0 Å². The minimum Gasteiger partial charge on any atom is -0.395 e. The first-order valence-electron chi connectivity index (χ1n) is 11.9. The van der Waals surface area contributed by atoms with Crippen molar-refractivity contribution in [2.45, 2.75) is 40.5 Å². The van der Waals surface area contributed by atoms with E-state index in [0.29, 0.717) is 26.1 Å². The predicted octanol–water partition coefficient (Wildman–Crippen LogP) is 4.05. The van der Waals surface area contributed by atoms with Crippen molar-refractivity contribution in [3.05, 3.63) is 57.5 Å². The third kappa shape index (κ3) is 6.37. The molecule has 43 heavy (non-hydrogen) atoms. The molecule has 1 saturated heterocycles. The Labute approximate surface area is 239 Å². The molecule has 0 bridgehead atoms. The van der Waals surface area contributed by atoms with Crippen molar-refractivity contribution in [1.82, 2.24) is 30.1 Å². The van der Waals surface area contributed by atoms with Crippen molar-refractivity contribution in [3.8, 4) is 0 Å². The summed E-state index contributed by atoms with van der Waals surface area (Å²) in [6.07, 6.45) is -6.23. The maximum Gasteiger partial charge on any atom is 0.460 e. The summed E-state index contributed by atoms with van der Waals surface area (Å²) in [6.45, 7) is 1.48. The number of hydrogen-bond acceptors (Lipinski definition) is 10. The highest BCUT2D eigenvalue weighted by Gasteiger charge is 2.73. The minimum absolute atomic E-state index is 0.0118. The Hall–Kier alpha value is -3.98. The van der Waals surface area contributed by atoms with Gasteiger partial charge in [-0.3, -0.25) is 19.8 Å². The van der Waals surface area contributed by atoms with Crippen LogP contribution in [0.15, 0.2) is 40.5 Å². The highest BCUT2D eigenvalue weighted by molar-refractivity contribution is 7.99. The average molecular weight is 642 g/mol. The standard InChI is InChI=1S/C22H18F8N8O4S/c23-15-7-11(20(24,25)21(26,27)22(28,29)30)9-31-17(15)32-18(40)14-8-12(38(41)42)1-2-16(14)43-19-33-34-35-37(19)13-3-4-36(10-13)5-6-39/h1-2,7-9,13,39H,3-6,10H2,(H,31,32,40). The van der Waals surface area contributed by atoms with Gasteiger partial charge in [0.15, 0.2) is 11.6 Å². The Morgan fingerprint density at radius 3 is 2.53 bits per heavy atom. The average Bonchev–Trinajstić information content (AvgIpc) is 3.58. The number of pyridine rings is 1. The second-order valence-electron chi connectivity index (χ2n) is 9.07. The summed E-state index contributed by atoms with van der Waals surface area (Å²) in [5.74, 6) is -16.8. The van der Waals surface area contributed by atoms with Crippen LogP contribution in [0.5, 0.6) is 0 Å². The molecule has 3 heterocycles. The largest absolute Gasteiger partial charge is 0.460 e. The number of carbonyl (C=O) groups is 1. The SMILES string of the molecule is O=C(Nc1ncc(C(F)(F)C(F)(F)C(F)(F)F)cc1F)c1cc([N+](=O)[O-])ccc1Sc1nnnn1C1CCN(CCO)C1. The fraction of sp³-hybridized carbons (Fsp3) is 0.409. The van der Waals surface area contributed by atoms with Crippen LogP contribution in [-0.2, 0) is 5.92 Å². The van der Waals surface area contributed by atoms with Gasteiger partial charge in [0, 0.05) is 48.4 Å². The maximum atomic E-state index is 14.6. The second kappa shape index (κ2) is 12.0. The van der Waals surface area contributed by atoms with Crippen LogP contribution in [0.4, 0.5) is 46.6 Å². The molecule has 1 fully saturated rings. The molecule has 1 aliphatic heterocycles. The number of nitro groups is 1. The Balaban J connectivity index is 1.61. The molecule has 1 amide bonds. The van der Waals surface area contributed by atoms with E-state index >= 15 is 0 Å². The van der Waals surface area contributed by atoms with E-state index in [1.165, 1.54) is 4.68 Å². The van der Waals surface area contributed by atoms with Crippen molar-refractivity contribution in [2.75, 3.05) is 31.6 Å². The van der Waals surface area contributed by atoms with Crippen molar-refractivity contribution < 1.29 is 49.9 Å². The van der Waals surface area contributed by atoms with Gasteiger partial charge in [0.25, 0.3) is 11.6 Å². The molecule has 12 nitrogen and oxygen atoms in total. The zero-order valence-corrected chi connectivity index (χ0v) is 22.1. The number of aliphatic hydroxyl groups excluding tert-OH is 1. The number of nitro benzene ring substituents is 1. The van der Waals surface area contributed by atoms with Crippen LogP contribution >= 0.6 is 11.8 Å². The molecule has 3 aromatic rings. The smallest absolute Gasteiger partial charge is 0.395 e. The number of likely N-dealkylation sites (tertiary alicyclic amines) is 1. The van der Waals surface area contributed by atoms with Gasteiger partial charge < -0.3 is 10.4 Å². The van der Waals surface area contributed by atoms with Crippen molar-refractivity contribution in [3.63, 3.8) is 0 Å². The van der Waals surface area contributed by atoms with Gasteiger partial charge in [-0.2, -0.15) is 30.7 Å². The molecular formula is C22H18F8N8O4S. The van der Waals surface area contributed by atoms with Crippen LogP contribution < -0.4 is 5.32 Å². The van der Waals surface area contributed by atoms with E-state index in [0.717, 1.165) is 30.0 Å². The van der Waals surface area contributed by atoms with Crippen molar-refractivity contribution in [1.29, 1.82) is 0 Å². The normalized spacial score (nSPS) is 16.4. The molecule has 1 aromatic carbocycles. The minimum atomic E-state index is -6.67. The van der Waals surface area contributed by atoms with Crippen LogP contribution in [0.3, 0.4) is 0 Å². The third-order valence-electron chi connectivity index (χ3n) is 6.28. The number of β-amino-alcohol motifs (C(OH)–C–C–N with tert-alkyl or cyclic N) is 1. The Morgan fingerprint density at radius 2 is 1.91 bits per heavy atom. The van der Waals surface area contributed by atoms with Crippen LogP contribution in [-0.4, -0.2) is 84.4 Å². The van der Waals surface area contributed by atoms with Crippen LogP contribution in [0.25, 0.3) is 0 Å². The van der Waals surface area contributed by atoms with E-state index in [-0.39, 0.29) is 35.0 Å². The number of non-ortho nitro benzene ring substituents is 1. The first-order valence-corrected chi connectivity index (χ1v) is 12.8. The molecular weight excluding hydrogens is 624 g/mol. The van der Waals surface area contributed by atoms with Crippen LogP contribution in [0.2, 0.25) is 0 Å². The molecule has 2 aromatic heterocycles. The number of amides is 1. The molecule has 1 unspecified atom stereocenters. The van der Waals surface area contributed by atoms with Gasteiger partial charge in [0.2, 0.25) is 5.16 Å². The molecule has 232 valence electrons. The number of carbonyl (C=O) groups excluding carboxylic acids is 1. The lowest BCUT2D eigenvalue weighted by Crippen LogP contribution is -2.50. The Morgan fingerprint density at radius 1 is 1.19 bits per heavy atom. The third-order valence-corrected chi connectivity index (χ3v) is 7.31. The molecule has 1 atom stereocenters. The summed E-state index contributed by atoms with van der Waals surface area (Å²) in [4.78, 5) is 28.6. The van der Waals surface area contributed by atoms with Gasteiger partial charge in [-0.1, -0.05) is 0 Å². The number of tetrazole rings is 1. The summed E-state index contributed by atoms with van der Waals surface area (Å²) in [6, 6.07) is 2.44. The summed E-state index contributed by atoms with van der Waals surface area (Å²) >= 11 is 0.796. The van der Waals surface area contributed by atoms with E-state index in [1.807, 2.05) is 10.2 Å². The number of hydrogen-bond donors (Lipinski definition) is 2. The van der Waals surface area contributed by atoms with Gasteiger partial charge >= 0.3 is 18.0 Å². The molecule has 0 spiro atoms. The first-order chi connectivity index (χ1) is 20.1. The number of anilines is 1. The number of benzene rings is 1. The van der Waals surface area contributed by atoms with E-state index in [2.05, 4.69) is 20.5 Å². The molecule has 0 radical (unpaired) electrons. The molecule has 2 N–H and O–H groups in total. The molecule has 1 aliphatic rings. The van der Waals surface area contributed by atoms with E-state index in [1.54, 1.807) is 0 Å². The van der Waals surface area contributed by atoms with E-state index in [4.69, 9.17) is 5.11 Å². The summed E-state index contributed by atoms with van der Waals surface area (Å²) in [7, 11) is 0. The number of nitrogens with one attached hydrogen (secondary N) is 1. The Kier molecular flexibility index (Phi) is 8.88. The second-order valence-corrected chi connectivity index (χ2v) is 10.1. The quantitative estimate of drug-likeness (QED) is 0.188. The van der Waals surface area contributed by atoms with Gasteiger partial charge in [0.05, 0.1) is 23.1 Å². The number of aliphatic hydroxyl groups is 1. The highest BCUT2D eigenvalue weighted by Crippen LogP contribution is 2.51. The monoisotopic (exact) mass is 642 g/mol. The number of alkyl halides is 7. The topological polar surface area (TPSA) is 152 Å². The van der Waals surface area contributed by atoms with E-state index < -0.39 is 57.3 Å². The zero-order valence-electron chi connectivity index (χ0n) is 21.2. The number of halogens is 8. The van der Waals surface area contributed by atoms with Gasteiger partial charge in [-0.15, -0.1) is 5.10 Å². The number of rotatable bonds is 10.